The molecular formula is C11H17N5O4. The lowest BCUT2D eigenvalue weighted by atomic mass is 10.1. The summed E-state index contributed by atoms with van der Waals surface area (Å²) >= 11 is 0. The number of aromatic nitrogens is 3. The molecule has 1 unspecified atom stereocenters. The molecule has 1 atom stereocenters. The fourth-order valence-corrected chi connectivity index (χ4v) is 2.03. The quantitative estimate of drug-likeness (QED) is 0.653. The van der Waals surface area contributed by atoms with E-state index in [4.69, 9.17) is 5.11 Å². The number of hydrogen-bond acceptors (Lipinski definition) is 5. The van der Waals surface area contributed by atoms with Crippen molar-refractivity contribution in [1.29, 1.82) is 0 Å². The van der Waals surface area contributed by atoms with E-state index in [-0.39, 0.29) is 19.1 Å². The number of nitrogens with one attached hydrogen (secondary N) is 1. The van der Waals surface area contributed by atoms with Gasteiger partial charge >= 0.3 is 12.0 Å². The van der Waals surface area contributed by atoms with E-state index < -0.39 is 11.6 Å². The van der Waals surface area contributed by atoms with Crippen LogP contribution in [-0.4, -0.2) is 60.8 Å². The molecule has 9 heteroatoms. The average molecular weight is 283 g/mol. The highest BCUT2D eigenvalue weighted by atomic mass is 16.4. The van der Waals surface area contributed by atoms with Gasteiger partial charge in [-0.3, -0.25) is 4.79 Å². The number of aliphatic carboxylic acids is 1. The van der Waals surface area contributed by atoms with Crippen LogP contribution in [-0.2, 0) is 17.9 Å². The van der Waals surface area contributed by atoms with Gasteiger partial charge in [-0.15, -0.1) is 5.10 Å². The van der Waals surface area contributed by atoms with E-state index >= 15 is 0 Å². The van der Waals surface area contributed by atoms with E-state index in [1.807, 2.05) is 0 Å². The number of likely N-dealkylation sites (tertiary alicyclic amines) is 1. The van der Waals surface area contributed by atoms with Gasteiger partial charge in [0.2, 0.25) is 0 Å². The zero-order valence-electron chi connectivity index (χ0n) is 11.1. The van der Waals surface area contributed by atoms with Gasteiger partial charge in [0.15, 0.2) is 0 Å². The smallest absolute Gasteiger partial charge is 0.325 e. The number of amides is 2. The fraction of sp³-hybridized carbons (Fsp3) is 0.636. The van der Waals surface area contributed by atoms with E-state index in [1.54, 1.807) is 6.92 Å². The van der Waals surface area contributed by atoms with Crippen molar-refractivity contribution >= 4 is 12.0 Å². The monoisotopic (exact) mass is 283 g/mol. The van der Waals surface area contributed by atoms with Gasteiger partial charge in [-0.25, -0.2) is 9.48 Å². The van der Waals surface area contributed by atoms with Crippen molar-refractivity contribution in [2.45, 2.75) is 32.0 Å². The van der Waals surface area contributed by atoms with Gasteiger partial charge in [0.25, 0.3) is 0 Å². The van der Waals surface area contributed by atoms with Crippen molar-refractivity contribution in [3.05, 3.63) is 11.9 Å². The summed E-state index contributed by atoms with van der Waals surface area (Å²) in [7, 11) is 0. The molecule has 2 rings (SSSR count). The molecule has 0 saturated carbocycles. The SMILES string of the molecule is CC1(O)CCN(C(=O)NCc2cn(CC(=O)O)nn2)C1. The Kier molecular flexibility index (Phi) is 3.89. The zero-order valence-corrected chi connectivity index (χ0v) is 11.1. The minimum Gasteiger partial charge on any atom is -0.480 e. The third-order valence-corrected chi connectivity index (χ3v) is 3.04. The van der Waals surface area contributed by atoms with E-state index in [0.717, 1.165) is 0 Å². The maximum absolute atomic E-state index is 11.8. The molecule has 1 aromatic rings. The van der Waals surface area contributed by atoms with E-state index in [9.17, 15) is 14.7 Å². The van der Waals surface area contributed by atoms with Crippen LogP contribution in [0.1, 0.15) is 19.0 Å². The Bertz CT molecular complexity index is 513. The Morgan fingerprint density at radius 3 is 2.90 bits per heavy atom. The minimum atomic E-state index is -1.01. The van der Waals surface area contributed by atoms with Crippen molar-refractivity contribution in [3.63, 3.8) is 0 Å². The molecule has 1 aliphatic rings. The summed E-state index contributed by atoms with van der Waals surface area (Å²) in [4.78, 5) is 23.9. The number of urea groups is 1. The first kappa shape index (κ1) is 14.3. The van der Waals surface area contributed by atoms with Gasteiger partial charge in [-0.1, -0.05) is 5.21 Å². The van der Waals surface area contributed by atoms with Gasteiger partial charge in [0.05, 0.1) is 24.9 Å². The largest absolute Gasteiger partial charge is 0.480 e. The second-order valence-electron chi connectivity index (χ2n) is 5.13. The second kappa shape index (κ2) is 5.45. The maximum atomic E-state index is 11.8. The summed E-state index contributed by atoms with van der Waals surface area (Å²) in [5.41, 5.74) is -0.354. The molecule has 1 aromatic heterocycles. The molecule has 0 spiro atoms. The lowest BCUT2D eigenvalue weighted by Crippen LogP contribution is -2.40. The summed E-state index contributed by atoms with van der Waals surface area (Å²) in [6.07, 6.45) is 2.02. The molecule has 1 aliphatic heterocycles. The minimum absolute atomic E-state index is 0.164. The highest BCUT2D eigenvalue weighted by Crippen LogP contribution is 2.19. The van der Waals surface area contributed by atoms with Crippen LogP contribution in [0.2, 0.25) is 0 Å². The van der Waals surface area contributed by atoms with Crippen LogP contribution in [0.3, 0.4) is 0 Å². The Morgan fingerprint density at radius 2 is 2.30 bits per heavy atom. The molecule has 1 saturated heterocycles. The van der Waals surface area contributed by atoms with Crippen LogP contribution in [0, 0.1) is 0 Å². The second-order valence-corrected chi connectivity index (χ2v) is 5.13. The number of hydrogen-bond donors (Lipinski definition) is 3. The summed E-state index contributed by atoms with van der Waals surface area (Å²) in [5, 5.41) is 28.4. The molecule has 0 radical (unpaired) electrons. The highest BCUT2D eigenvalue weighted by molar-refractivity contribution is 5.74. The van der Waals surface area contributed by atoms with Crippen molar-refractivity contribution in [2.75, 3.05) is 13.1 Å². The molecule has 2 amide bonds. The number of nitrogens with zero attached hydrogens (tertiary/aromatic N) is 4. The molecule has 2 heterocycles. The van der Waals surface area contributed by atoms with Gasteiger partial charge in [0, 0.05) is 6.54 Å². The summed E-state index contributed by atoms with van der Waals surface area (Å²) in [6.45, 7) is 2.39. The number of aliphatic hydroxyl groups is 1. The average Bonchev–Trinajstić information content (AvgIpc) is 2.92. The topological polar surface area (TPSA) is 121 Å². The molecule has 0 aromatic carbocycles. The molecule has 110 valence electrons. The Labute approximate surface area is 115 Å². The molecule has 0 aliphatic carbocycles. The van der Waals surface area contributed by atoms with Gasteiger partial charge < -0.3 is 20.4 Å². The number of carbonyl (C=O) groups is 2. The number of rotatable bonds is 4. The lowest BCUT2D eigenvalue weighted by molar-refractivity contribution is -0.137. The summed E-state index contributed by atoms with van der Waals surface area (Å²) < 4.78 is 1.18. The zero-order chi connectivity index (χ0) is 14.8. The van der Waals surface area contributed by atoms with Crippen molar-refractivity contribution < 1.29 is 19.8 Å². The summed E-state index contributed by atoms with van der Waals surface area (Å²) in [6, 6.07) is -0.282. The number of β-amino-alcohol motifs (C(OH)–C–C–N with tert-alkyl or cyclic N) is 1. The standard InChI is InChI=1S/C11H17N5O4/c1-11(20)2-3-15(7-11)10(19)12-4-8-5-16(14-13-8)6-9(17)18/h5,20H,2-4,6-7H2,1H3,(H,12,19)(H,17,18). The van der Waals surface area contributed by atoms with Crippen molar-refractivity contribution in [2.24, 2.45) is 0 Å². The molecule has 0 bridgehead atoms. The highest BCUT2D eigenvalue weighted by Gasteiger charge is 2.33. The Balaban J connectivity index is 1.81. The van der Waals surface area contributed by atoms with E-state index in [2.05, 4.69) is 15.6 Å². The van der Waals surface area contributed by atoms with Crippen molar-refractivity contribution in [1.82, 2.24) is 25.2 Å². The number of carboxylic acids is 1. The van der Waals surface area contributed by atoms with Crippen LogP contribution < -0.4 is 5.32 Å². The van der Waals surface area contributed by atoms with E-state index in [0.29, 0.717) is 25.2 Å². The van der Waals surface area contributed by atoms with Crippen LogP contribution >= 0.6 is 0 Å². The lowest BCUT2D eigenvalue weighted by Gasteiger charge is -2.19. The van der Waals surface area contributed by atoms with Crippen LogP contribution in [0.4, 0.5) is 4.79 Å². The van der Waals surface area contributed by atoms with Gasteiger partial charge in [-0.2, -0.15) is 0 Å². The Hall–Kier alpha value is -2.16. The first-order chi connectivity index (χ1) is 9.35. The molecule has 20 heavy (non-hydrogen) atoms. The molecular weight excluding hydrogens is 266 g/mol. The first-order valence-electron chi connectivity index (χ1n) is 6.22. The van der Waals surface area contributed by atoms with Gasteiger partial charge in [0.1, 0.15) is 12.2 Å². The molecule has 1 fully saturated rings. The number of carbonyl (C=O) groups excluding carboxylic acids is 1. The van der Waals surface area contributed by atoms with Gasteiger partial charge in [-0.05, 0) is 13.3 Å². The predicted molar refractivity (Wildman–Crippen MR) is 66.7 cm³/mol. The molecule has 3 N–H and O–H groups in total. The van der Waals surface area contributed by atoms with Crippen molar-refractivity contribution in [3.8, 4) is 0 Å². The Morgan fingerprint density at radius 1 is 1.55 bits per heavy atom. The van der Waals surface area contributed by atoms with Crippen LogP contribution in [0.25, 0.3) is 0 Å². The molecule has 9 nitrogen and oxygen atoms in total. The normalized spacial score (nSPS) is 22.0. The summed E-state index contributed by atoms with van der Waals surface area (Å²) in [5.74, 6) is -1.01. The van der Waals surface area contributed by atoms with E-state index in [1.165, 1.54) is 15.8 Å². The predicted octanol–water partition coefficient (Wildman–Crippen LogP) is -0.971. The van der Waals surface area contributed by atoms with Crippen LogP contribution in [0.5, 0.6) is 0 Å². The van der Waals surface area contributed by atoms with Crippen LogP contribution in [0.15, 0.2) is 6.20 Å². The third-order valence-electron chi connectivity index (χ3n) is 3.04. The first-order valence-corrected chi connectivity index (χ1v) is 6.22. The maximum Gasteiger partial charge on any atom is 0.325 e. The third kappa shape index (κ3) is 3.67. The number of carboxylic acid groups (broad SMARTS) is 1. The fourth-order valence-electron chi connectivity index (χ4n) is 2.03.